The van der Waals surface area contributed by atoms with Crippen LogP contribution in [-0.4, -0.2) is 31.6 Å². The number of benzene rings is 3. The van der Waals surface area contributed by atoms with Gasteiger partial charge in [-0.15, -0.1) is 11.8 Å². The lowest BCUT2D eigenvalue weighted by molar-refractivity contribution is 0.339. The maximum absolute atomic E-state index is 6.16. The first-order chi connectivity index (χ1) is 16.1. The third-order valence-electron chi connectivity index (χ3n) is 5.27. The summed E-state index contributed by atoms with van der Waals surface area (Å²) in [6.07, 6.45) is 1.73. The van der Waals surface area contributed by atoms with Crippen LogP contribution in [0.15, 0.2) is 71.8 Å². The van der Waals surface area contributed by atoms with Gasteiger partial charge in [0.05, 0.1) is 26.3 Å². The first-order valence-corrected chi connectivity index (χ1v) is 11.7. The fourth-order valence-electron chi connectivity index (χ4n) is 3.60. The molecule has 0 atom stereocenters. The molecule has 0 bridgehead atoms. The Kier molecular flexibility index (Phi) is 7.25. The number of nitrogens with zero attached hydrogens (tertiary/aromatic N) is 1. The van der Waals surface area contributed by atoms with E-state index in [2.05, 4.69) is 49.2 Å². The number of thioether (sulfide) groups is 1. The Labute approximate surface area is 198 Å². The van der Waals surface area contributed by atoms with Gasteiger partial charge in [-0.05, 0) is 61.4 Å². The highest BCUT2D eigenvalue weighted by molar-refractivity contribution is 7.99. The molecule has 1 aromatic heterocycles. The summed E-state index contributed by atoms with van der Waals surface area (Å²) in [6, 6.07) is 19.9. The molecule has 0 fully saturated rings. The Morgan fingerprint density at radius 2 is 1.52 bits per heavy atom. The number of ether oxygens (including phenoxy) is 4. The molecule has 0 radical (unpaired) electrons. The SMILES string of the molecule is COc1cc2nccc(Oc3ccc(SCCOc4c(C)cccc4C)cc3)c2cc1OC. The number of hydrogen-bond donors (Lipinski definition) is 0. The van der Waals surface area contributed by atoms with Crippen LogP contribution in [0.2, 0.25) is 0 Å². The molecule has 170 valence electrons. The molecule has 3 aromatic carbocycles. The van der Waals surface area contributed by atoms with E-state index in [0.29, 0.717) is 23.9 Å². The van der Waals surface area contributed by atoms with Crippen LogP contribution >= 0.6 is 11.8 Å². The predicted molar refractivity (Wildman–Crippen MR) is 133 cm³/mol. The monoisotopic (exact) mass is 461 g/mol. The molecule has 0 aliphatic heterocycles. The summed E-state index contributed by atoms with van der Waals surface area (Å²) in [7, 11) is 3.23. The number of para-hydroxylation sites is 1. The molecule has 5 nitrogen and oxygen atoms in total. The highest BCUT2D eigenvalue weighted by Gasteiger charge is 2.11. The van der Waals surface area contributed by atoms with Gasteiger partial charge < -0.3 is 18.9 Å². The van der Waals surface area contributed by atoms with Gasteiger partial charge in [-0.25, -0.2) is 0 Å². The Bertz CT molecular complexity index is 1220. The minimum absolute atomic E-state index is 0.637. The van der Waals surface area contributed by atoms with E-state index >= 15 is 0 Å². The first kappa shape index (κ1) is 22.8. The molecule has 4 aromatic rings. The lowest BCUT2D eigenvalue weighted by Crippen LogP contribution is -2.02. The van der Waals surface area contributed by atoms with E-state index in [4.69, 9.17) is 18.9 Å². The van der Waals surface area contributed by atoms with Gasteiger partial charge in [-0.2, -0.15) is 0 Å². The summed E-state index contributed by atoms with van der Waals surface area (Å²) in [5.41, 5.74) is 3.11. The first-order valence-electron chi connectivity index (χ1n) is 10.7. The molecule has 0 aliphatic carbocycles. The van der Waals surface area contributed by atoms with Crippen molar-refractivity contribution in [2.24, 2.45) is 0 Å². The fraction of sp³-hybridized carbons (Fsp3) is 0.222. The van der Waals surface area contributed by atoms with Crippen LogP contribution in [-0.2, 0) is 0 Å². The van der Waals surface area contributed by atoms with Crippen molar-refractivity contribution in [3.8, 4) is 28.7 Å². The number of pyridine rings is 1. The summed E-state index contributed by atoms with van der Waals surface area (Å²) in [6.45, 7) is 4.81. The van der Waals surface area contributed by atoms with Crippen LogP contribution in [0.25, 0.3) is 10.9 Å². The minimum Gasteiger partial charge on any atom is -0.493 e. The zero-order valence-corrected chi connectivity index (χ0v) is 20.1. The molecule has 0 amide bonds. The van der Waals surface area contributed by atoms with Crippen molar-refractivity contribution in [1.82, 2.24) is 4.98 Å². The predicted octanol–water partition coefficient (Wildman–Crippen LogP) is 6.83. The van der Waals surface area contributed by atoms with Crippen molar-refractivity contribution in [2.75, 3.05) is 26.6 Å². The van der Waals surface area contributed by atoms with Gasteiger partial charge >= 0.3 is 0 Å². The van der Waals surface area contributed by atoms with Crippen molar-refractivity contribution < 1.29 is 18.9 Å². The molecule has 0 aliphatic rings. The molecular formula is C27H27NO4S. The lowest BCUT2D eigenvalue weighted by atomic mass is 10.1. The Balaban J connectivity index is 1.39. The van der Waals surface area contributed by atoms with Gasteiger partial charge in [0.1, 0.15) is 17.2 Å². The maximum atomic E-state index is 6.16. The average molecular weight is 462 g/mol. The van der Waals surface area contributed by atoms with Gasteiger partial charge in [0, 0.05) is 28.3 Å². The van der Waals surface area contributed by atoms with E-state index in [1.165, 1.54) is 16.0 Å². The molecule has 0 saturated heterocycles. The quantitative estimate of drug-likeness (QED) is 0.201. The van der Waals surface area contributed by atoms with E-state index in [1.807, 2.05) is 30.3 Å². The van der Waals surface area contributed by atoms with Gasteiger partial charge in [0.15, 0.2) is 11.5 Å². The Morgan fingerprint density at radius 3 is 2.21 bits per heavy atom. The standard InChI is InChI=1S/C27H27NO4S/c1-18-6-5-7-19(2)27(18)31-14-15-33-21-10-8-20(9-11-21)32-24-12-13-28-23-17-26(30-4)25(29-3)16-22(23)24/h5-13,16-17H,14-15H2,1-4H3. The molecule has 1 heterocycles. The number of aromatic nitrogens is 1. The molecule has 0 spiro atoms. The summed E-state index contributed by atoms with van der Waals surface area (Å²) in [5, 5.41) is 0.859. The molecular weight excluding hydrogens is 434 g/mol. The highest BCUT2D eigenvalue weighted by Crippen LogP contribution is 2.37. The van der Waals surface area contributed by atoms with Crippen LogP contribution in [0.5, 0.6) is 28.7 Å². The Morgan fingerprint density at radius 1 is 0.818 bits per heavy atom. The van der Waals surface area contributed by atoms with E-state index < -0.39 is 0 Å². The van der Waals surface area contributed by atoms with Gasteiger partial charge in [0.2, 0.25) is 0 Å². The normalized spacial score (nSPS) is 10.8. The number of rotatable bonds is 9. The average Bonchev–Trinajstić information content (AvgIpc) is 2.83. The smallest absolute Gasteiger partial charge is 0.162 e. The molecule has 0 unspecified atom stereocenters. The van der Waals surface area contributed by atoms with Crippen molar-refractivity contribution in [2.45, 2.75) is 18.7 Å². The van der Waals surface area contributed by atoms with Crippen molar-refractivity contribution >= 4 is 22.7 Å². The van der Waals surface area contributed by atoms with Crippen LogP contribution in [0.1, 0.15) is 11.1 Å². The van der Waals surface area contributed by atoms with Crippen molar-refractivity contribution in [3.63, 3.8) is 0 Å². The van der Waals surface area contributed by atoms with E-state index in [-0.39, 0.29) is 0 Å². The van der Waals surface area contributed by atoms with Crippen LogP contribution in [0.4, 0.5) is 0 Å². The second kappa shape index (κ2) is 10.5. The molecule has 0 saturated carbocycles. The largest absolute Gasteiger partial charge is 0.493 e. The number of fused-ring (bicyclic) bond motifs is 1. The van der Waals surface area contributed by atoms with Crippen LogP contribution in [0.3, 0.4) is 0 Å². The van der Waals surface area contributed by atoms with Gasteiger partial charge in [-0.1, -0.05) is 18.2 Å². The second-order valence-corrected chi connectivity index (χ2v) is 8.69. The summed E-state index contributed by atoms with van der Waals surface area (Å²) < 4.78 is 23.0. The lowest BCUT2D eigenvalue weighted by Gasteiger charge is -2.13. The van der Waals surface area contributed by atoms with Gasteiger partial charge in [-0.3, -0.25) is 4.98 Å². The van der Waals surface area contributed by atoms with Gasteiger partial charge in [0.25, 0.3) is 0 Å². The van der Waals surface area contributed by atoms with Crippen molar-refractivity contribution in [3.05, 3.63) is 78.0 Å². The zero-order chi connectivity index (χ0) is 23.2. The number of methoxy groups -OCH3 is 2. The highest BCUT2D eigenvalue weighted by atomic mass is 32.2. The summed E-state index contributed by atoms with van der Waals surface area (Å²) in [5.74, 6) is 4.60. The number of aryl methyl sites for hydroxylation is 2. The number of hydrogen-bond acceptors (Lipinski definition) is 6. The van der Waals surface area contributed by atoms with E-state index in [0.717, 1.165) is 28.2 Å². The molecule has 4 rings (SSSR count). The summed E-state index contributed by atoms with van der Waals surface area (Å²) >= 11 is 1.76. The molecule has 6 heteroatoms. The van der Waals surface area contributed by atoms with Crippen LogP contribution in [0, 0.1) is 13.8 Å². The Hall–Kier alpha value is -3.38. The topological polar surface area (TPSA) is 49.8 Å². The van der Waals surface area contributed by atoms with E-state index in [9.17, 15) is 0 Å². The maximum Gasteiger partial charge on any atom is 0.162 e. The molecule has 33 heavy (non-hydrogen) atoms. The minimum atomic E-state index is 0.637. The summed E-state index contributed by atoms with van der Waals surface area (Å²) in [4.78, 5) is 5.59. The van der Waals surface area contributed by atoms with Crippen molar-refractivity contribution in [1.29, 1.82) is 0 Å². The van der Waals surface area contributed by atoms with E-state index in [1.54, 1.807) is 32.2 Å². The zero-order valence-electron chi connectivity index (χ0n) is 19.3. The molecule has 0 N–H and O–H groups in total. The van der Waals surface area contributed by atoms with Crippen LogP contribution < -0.4 is 18.9 Å². The third kappa shape index (κ3) is 5.34. The third-order valence-corrected chi connectivity index (χ3v) is 6.24. The second-order valence-electron chi connectivity index (χ2n) is 7.52. The fourth-order valence-corrected chi connectivity index (χ4v) is 4.33.